The number of likely N-dealkylation sites (N-methyl/N-ethyl adjacent to an activating group) is 2. The van der Waals surface area contributed by atoms with E-state index in [2.05, 4.69) is 21.8 Å². The molecule has 1 aliphatic heterocycles. The molecule has 0 unspecified atom stereocenters. The lowest BCUT2D eigenvalue weighted by molar-refractivity contribution is -0.119. The van der Waals surface area contributed by atoms with E-state index in [0.29, 0.717) is 29.0 Å². The summed E-state index contributed by atoms with van der Waals surface area (Å²) in [6.45, 7) is 5.27. The maximum atomic E-state index is 13.0. The average molecular weight is 583 g/mol. The number of hydrogen-bond acceptors (Lipinski definition) is 9. The standard InChI is InChI=1S/C32H34N6O5/c1-21(39)38-26-18-23(32(42)43-4)19-33-30(26)28(31(38)41)29(22-8-6-5-7-9-22)34-24-10-12-25(13-11-24)36(3)27(40)20-37-16-14-35(2)15-17-37/h5-13,18-19,41H,14-17,20H2,1-4H3. The molecule has 0 saturated carbocycles. The molecule has 0 radical (unpaired) electrons. The Balaban J connectivity index is 1.52. The van der Waals surface area contributed by atoms with Gasteiger partial charge in [0.25, 0.3) is 0 Å². The van der Waals surface area contributed by atoms with Crippen LogP contribution in [0.3, 0.4) is 0 Å². The zero-order chi connectivity index (χ0) is 30.7. The molecular formula is C32H34N6O5. The number of aliphatic imine (C=N–C) groups is 1. The van der Waals surface area contributed by atoms with Crippen molar-refractivity contribution < 1.29 is 24.2 Å². The van der Waals surface area contributed by atoms with Gasteiger partial charge in [-0.3, -0.25) is 19.5 Å². The molecule has 0 atom stereocenters. The van der Waals surface area contributed by atoms with Gasteiger partial charge in [0.15, 0.2) is 0 Å². The second-order valence-electron chi connectivity index (χ2n) is 10.5. The maximum absolute atomic E-state index is 13.0. The fourth-order valence-corrected chi connectivity index (χ4v) is 5.10. The van der Waals surface area contributed by atoms with Crippen LogP contribution < -0.4 is 4.90 Å². The molecule has 2 aromatic heterocycles. The van der Waals surface area contributed by atoms with Gasteiger partial charge in [-0.2, -0.15) is 0 Å². The molecule has 11 nitrogen and oxygen atoms in total. The Morgan fingerprint density at radius 2 is 1.67 bits per heavy atom. The van der Waals surface area contributed by atoms with E-state index in [1.54, 1.807) is 24.1 Å². The molecule has 0 spiro atoms. The van der Waals surface area contributed by atoms with E-state index in [9.17, 15) is 19.5 Å². The molecule has 2 aromatic carbocycles. The Bertz CT molecular complexity index is 1690. The van der Waals surface area contributed by atoms with Crippen molar-refractivity contribution in [3.8, 4) is 5.88 Å². The zero-order valence-corrected chi connectivity index (χ0v) is 24.6. The third kappa shape index (κ3) is 6.18. The molecule has 0 aliphatic carbocycles. The van der Waals surface area contributed by atoms with E-state index < -0.39 is 11.9 Å². The number of methoxy groups -OCH3 is 1. The number of pyridine rings is 1. The largest absolute Gasteiger partial charge is 0.494 e. The van der Waals surface area contributed by atoms with Crippen LogP contribution in [-0.4, -0.2) is 102 Å². The SMILES string of the molecule is COC(=O)c1cnc2c(C(=Nc3ccc(N(C)C(=O)CN4CCN(C)CC4)cc3)c3ccccc3)c(O)n(C(C)=O)c2c1. The number of rotatable bonds is 7. The number of carbonyl (C=O) groups excluding carboxylic acids is 3. The first-order chi connectivity index (χ1) is 20.7. The summed E-state index contributed by atoms with van der Waals surface area (Å²) < 4.78 is 5.92. The highest BCUT2D eigenvalue weighted by molar-refractivity contribution is 6.22. The normalized spacial score (nSPS) is 14.6. The highest BCUT2D eigenvalue weighted by Gasteiger charge is 2.26. The van der Waals surface area contributed by atoms with Crippen LogP contribution in [0.5, 0.6) is 5.88 Å². The molecule has 0 bridgehead atoms. The number of fused-ring (bicyclic) bond motifs is 1. The number of nitrogens with zero attached hydrogens (tertiary/aromatic N) is 6. The first-order valence-electron chi connectivity index (χ1n) is 13.9. The molecule has 1 amide bonds. The second kappa shape index (κ2) is 12.6. The average Bonchev–Trinajstić information content (AvgIpc) is 3.31. The van der Waals surface area contributed by atoms with E-state index in [4.69, 9.17) is 9.73 Å². The molecule has 222 valence electrons. The summed E-state index contributed by atoms with van der Waals surface area (Å²) in [5, 5.41) is 11.4. The van der Waals surface area contributed by atoms with Crippen LogP contribution in [0.2, 0.25) is 0 Å². The van der Waals surface area contributed by atoms with Crippen molar-refractivity contribution in [1.29, 1.82) is 0 Å². The van der Waals surface area contributed by atoms with Crippen LogP contribution in [0.1, 0.15) is 33.2 Å². The van der Waals surface area contributed by atoms with Crippen molar-refractivity contribution >= 4 is 45.9 Å². The summed E-state index contributed by atoms with van der Waals surface area (Å²) in [7, 11) is 5.10. The number of esters is 1. The van der Waals surface area contributed by atoms with Gasteiger partial charge in [-0.1, -0.05) is 30.3 Å². The fourth-order valence-electron chi connectivity index (χ4n) is 5.10. The summed E-state index contributed by atoms with van der Waals surface area (Å²) in [5.41, 5.74) is 3.30. The van der Waals surface area contributed by atoms with Gasteiger partial charge in [-0.15, -0.1) is 0 Å². The van der Waals surface area contributed by atoms with Crippen molar-refractivity contribution in [3.63, 3.8) is 0 Å². The predicted molar refractivity (Wildman–Crippen MR) is 165 cm³/mol. The summed E-state index contributed by atoms with van der Waals surface area (Å²) in [6.07, 6.45) is 1.34. The quantitative estimate of drug-likeness (QED) is 0.259. The first kappa shape index (κ1) is 29.6. The zero-order valence-electron chi connectivity index (χ0n) is 24.6. The summed E-state index contributed by atoms with van der Waals surface area (Å²) >= 11 is 0. The molecule has 1 fully saturated rings. The minimum Gasteiger partial charge on any atom is -0.494 e. The number of piperazine rings is 1. The van der Waals surface area contributed by atoms with Crippen molar-refractivity contribution in [3.05, 3.63) is 83.6 Å². The van der Waals surface area contributed by atoms with E-state index in [1.165, 1.54) is 26.3 Å². The smallest absolute Gasteiger partial charge is 0.339 e. The van der Waals surface area contributed by atoms with Crippen molar-refractivity contribution in [2.24, 2.45) is 4.99 Å². The number of benzene rings is 2. The minimum absolute atomic E-state index is 0.00476. The van der Waals surface area contributed by atoms with Gasteiger partial charge >= 0.3 is 5.97 Å². The minimum atomic E-state index is -0.615. The second-order valence-corrected chi connectivity index (χ2v) is 10.5. The summed E-state index contributed by atoms with van der Waals surface area (Å²) in [6, 6.07) is 17.9. The Labute approximate surface area is 249 Å². The third-order valence-electron chi connectivity index (χ3n) is 7.61. The molecule has 3 heterocycles. The molecule has 11 heteroatoms. The van der Waals surface area contributed by atoms with Gasteiger partial charge in [0.1, 0.15) is 5.52 Å². The molecule has 4 aromatic rings. The van der Waals surface area contributed by atoms with Crippen LogP contribution in [0, 0.1) is 0 Å². The van der Waals surface area contributed by atoms with Gasteiger partial charge in [-0.05, 0) is 37.4 Å². The molecule has 1 aliphatic rings. The highest BCUT2D eigenvalue weighted by Crippen LogP contribution is 2.34. The number of hydrogen-bond donors (Lipinski definition) is 1. The lowest BCUT2D eigenvalue weighted by atomic mass is 10.0. The van der Waals surface area contributed by atoms with E-state index >= 15 is 0 Å². The Morgan fingerprint density at radius 1 is 1.00 bits per heavy atom. The highest BCUT2D eigenvalue weighted by atomic mass is 16.5. The maximum Gasteiger partial charge on any atom is 0.339 e. The van der Waals surface area contributed by atoms with Crippen LogP contribution in [-0.2, 0) is 9.53 Å². The van der Waals surface area contributed by atoms with Crippen LogP contribution in [0.4, 0.5) is 11.4 Å². The molecule has 43 heavy (non-hydrogen) atoms. The van der Waals surface area contributed by atoms with E-state index in [1.807, 2.05) is 42.5 Å². The Morgan fingerprint density at radius 3 is 2.30 bits per heavy atom. The van der Waals surface area contributed by atoms with Crippen molar-refractivity contribution in [2.45, 2.75) is 6.92 Å². The van der Waals surface area contributed by atoms with E-state index in [0.717, 1.165) is 36.4 Å². The number of carbonyl (C=O) groups is 3. The first-order valence-corrected chi connectivity index (χ1v) is 13.9. The third-order valence-corrected chi connectivity index (χ3v) is 7.61. The van der Waals surface area contributed by atoms with Crippen LogP contribution in [0.15, 0.2) is 71.9 Å². The molecular weight excluding hydrogens is 548 g/mol. The molecule has 1 N–H and O–H groups in total. The van der Waals surface area contributed by atoms with Crippen molar-refractivity contribution in [1.82, 2.24) is 19.4 Å². The predicted octanol–water partition coefficient (Wildman–Crippen LogP) is 3.57. The van der Waals surface area contributed by atoms with Gasteiger partial charge < -0.3 is 19.6 Å². The Kier molecular flexibility index (Phi) is 8.65. The van der Waals surface area contributed by atoms with Crippen molar-refractivity contribution in [2.75, 3.05) is 58.8 Å². The lowest BCUT2D eigenvalue weighted by Crippen LogP contribution is -2.48. The van der Waals surface area contributed by atoms with E-state index in [-0.39, 0.29) is 28.4 Å². The number of aromatic nitrogens is 2. The van der Waals surface area contributed by atoms with Gasteiger partial charge in [0.2, 0.25) is 17.7 Å². The number of aromatic hydroxyl groups is 1. The topological polar surface area (TPSA) is 121 Å². The fraction of sp³-hybridized carbons (Fsp3) is 0.281. The van der Waals surface area contributed by atoms with Crippen LogP contribution >= 0.6 is 0 Å². The van der Waals surface area contributed by atoms with Gasteiger partial charge in [-0.25, -0.2) is 14.4 Å². The van der Waals surface area contributed by atoms with Gasteiger partial charge in [0.05, 0.1) is 41.7 Å². The molecule has 5 rings (SSSR count). The Hall–Kier alpha value is -4.87. The monoisotopic (exact) mass is 582 g/mol. The number of amides is 1. The van der Waals surface area contributed by atoms with Crippen LogP contribution in [0.25, 0.3) is 11.0 Å². The molecule has 1 saturated heterocycles. The number of anilines is 1. The number of ether oxygens (including phenoxy) is 1. The van der Waals surface area contributed by atoms with Gasteiger partial charge in [0, 0.05) is 57.6 Å². The summed E-state index contributed by atoms with van der Waals surface area (Å²) in [4.78, 5) is 53.2. The summed E-state index contributed by atoms with van der Waals surface area (Å²) in [5.74, 6) is -1.41. The lowest BCUT2D eigenvalue weighted by Gasteiger charge is -2.32.